The van der Waals surface area contributed by atoms with Gasteiger partial charge in [0.2, 0.25) is 0 Å². The summed E-state index contributed by atoms with van der Waals surface area (Å²) >= 11 is 0. The molecule has 2 heterocycles. The molecule has 1 unspecified atom stereocenters. The van der Waals surface area contributed by atoms with E-state index < -0.39 is 18.0 Å². The molecule has 5 heteroatoms. The number of hydrogen-bond donors (Lipinski definition) is 1. The predicted molar refractivity (Wildman–Crippen MR) is 41.4 cm³/mol. The first-order chi connectivity index (χ1) is 6.25. The van der Waals surface area contributed by atoms with Crippen LogP contribution < -0.4 is 5.32 Å². The lowest BCUT2D eigenvalue weighted by atomic mass is 10.2. The van der Waals surface area contributed by atoms with Gasteiger partial charge >= 0.3 is 6.09 Å². The predicted octanol–water partition coefficient (Wildman–Crippen LogP) is 1.00. The van der Waals surface area contributed by atoms with Crippen molar-refractivity contribution < 1.29 is 13.9 Å². The number of rotatable bonds is 1. The van der Waals surface area contributed by atoms with Gasteiger partial charge < -0.3 is 10.1 Å². The minimum absolute atomic E-state index is 0.386. The van der Waals surface area contributed by atoms with E-state index in [2.05, 4.69) is 10.3 Å². The maximum absolute atomic E-state index is 12.5. The Bertz CT molecular complexity index is 325. The third-order valence-corrected chi connectivity index (χ3v) is 1.76. The van der Waals surface area contributed by atoms with Gasteiger partial charge in [0.15, 0.2) is 6.10 Å². The lowest BCUT2D eigenvalue weighted by Gasteiger charge is -2.05. The van der Waals surface area contributed by atoms with Crippen LogP contribution in [0.15, 0.2) is 18.3 Å². The van der Waals surface area contributed by atoms with Gasteiger partial charge in [0.1, 0.15) is 5.82 Å². The Kier molecular flexibility index (Phi) is 1.84. The normalized spacial score (nSPS) is 21.0. The Hall–Kier alpha value is -1.65. The van der Waals surface area contributed by atoms with E-state index >= 15 is 0 Å². The lowest BCUT2D eigenvalue weighted by molar-refractivity contribution is 0.139. The Labute approximate surface area is 73.7 Å². The minimum atomic E-state index is -0.462. The summed E-state index contributed by atoms with van der Waals surface area (Å²) in [7, 11) is 0. The minimum Gasteiger partial charge on any atom is -0.438 e. The molecule has 1 aromatic rings. The number of pyridine rings is 1. The number of alkyl carbamates (subject to hydrolysis) is 1. The van der Waals surface area contributed by atoms with Crippen LogP contribution in [0.5, 0.6) is 0 Å². The van der Waals surface area contributed by atoms with E-state index in [4.69, 9.17) is 4.74 Å². The smallest absolute Gasteiger partial charge is 0.408 e. The van der Waals surface area contributed by atoms with Crippen LogP contribution >= 0.6 is 0 Å². The average molecular weight is 182 g/mol. The molecule has 0 aromatic carbocycles. The van der Waals surface area contributed by atoms with E-state index in [1.54, 1.807) is 0 Å². The molecular formula is C8H7FN2O2. The summed E-state index contributed by atoms with van der Waals surface area (Å²) in [5, 5.41) is 2.49. The van der Waals surface area contributed by atoms with Gasteiger partial charge in [-0.1, -0.05) is 0 Å². The third kappa shape index (κ3) is 1.58. The van der Waals surface area contributed by atoms with Gasteiger partial charge in [-0.15, -0.1) is 0 Å². The highest BCUT2D eigenvalue weighted by molar-refractivity contribution is 5.69. The zero-order valence-corrected chi connectivity index (χ0v) is 6.66. The Morgan fingerprint density at radius 1 is 1.62 bits per heavy atom. The number of carbonyl (C=O) groups excluding carboxylic acids is 1. The average Bonchev–Trinajstić information content (AvgIpc) is 2.53. The van der Waals surface area contributed by atoms with E-state index in [0.717, 1.165) is 6.20 Å². The number of nitrogens with zero attached hydrogens (tertiary/aromatic N) is 1. The fourth-order valence-corrected chi connectivity index (χ4v) is 1.13. The number of nitrogens with one attached hydrogen (secondary N) is 1. The van der Waals surface area contributed by atoms with Crippen LogP contribution in [0.1, 0.15) is 11.8 Å². The third-order valence-electron chi connectivity index (χ3n) is 1.76. The van der Waals surface area contributed by atoms with E-state index in [9.17, 15) is 9.18 Å². The summed E-state index contributed by atoms with van der Waals surface area (Å²) in [6, 6.07) is 2.79. The molecular weight excluding hydrogens is 175 g/mol. The molecule has 1 aliphatic heterocycles. The summed E-state index contributed by atoms with van der Waals surface area (Å²) in [5.74, 6) is -0.402. The molecule has 0 spiro atoms. The molecule has 1 fully saturated rings. The first-order valence-corrected chi connectivity index (χ1v) is 3.81. The van der Waals surface area contributed by atoms with Crippen molar-refractivity contribution in [1.82, 2.24) is 10.3 Å². The fourth-order valence-electron chi connectivity index (χ4n) is 1.13. The van der Waals surface area contributed by atoms with E-state index in [1.165, 1.54) is 12.1 Å². The van der Waals surface area contributed by atoms with Gasteiger partial charge in [-0.3, -0.25) is 4.98 Å². The quantitative estimate of drug-likeness (QED) is 0.704. The van der Waals surface area contributed by atoms with Crippen LogP contribution in [0.2, 0.25) is 0 Å². The lowest BCUT2D eigenvalue weighted by Crippen LogP contribution is -2.12. The summed E-state index contributed by atoms with van der Waals surface area (Å²) in [5.41, 5.74) is 0.555. The summed E-state index contributed by atoms with van der Waals surface area (Å²) in [6.45, 7) is 0.386. The largest absolute Gasteiger partial charge is 0.438 e. The van der Waals surface area contributed by atoms with Crippen molar-refractivity contribution in [3.63, 3.8) is 0 Å². The van der Waals surface area contributed by atoms with Gasteiger partial charge in [-0.2, -0.15) is 0 Å². The fraction of sp³-hybridized carbons (Fsp3) is 0.250. The molecule has 0 aliphatic carbocycles. The zero-order valence-electron chi connectivity index (χ0n) is 6.66. The molecule has 1 aromatic heterocycles. The van der Waals surface area contributed by atoms with Gasteiger partial charge in [0.25, 0.3) is 0 Å². The summed E-state index contributed by atoms with van der Waals surface area (Å²) in [4.78, 5) is 14.5. The molecule has 0 radical (unpaired) electrons. The molecule has 0 bridgehead atoms. The number of aromatic nitrogens is 1. The number of carbonyl (C=O) groups is 1. The van der Waals surface area contributed by atoms with Crippen LogP contribution in [0.25, 0.3) is 0 Å². The van der Waals surface area contributed by atoms with E-state index in [1.807, 2.05) is 0 Å². The number of ether oxygens (including phenoxy) is 1. The maximum atomic E-state index is 12.5. The van der Waals surface area contributed by atoms with Crippen LogP contribution in [-0.2, 0) is 4.74 Å². The standard InChI is InChI=1S/C8H7FN2O2/c9-5-1-2-6(10-3-5)7-4-11-8(12)13-7/h1-3,7H,4H2,(H,11,12). The SMILES string of the molecule is O=C1NCC(c2ccc(F)cn2)O1. The summed E-state index contributed by atoms with van der Waals surface area (Å²) in [6.07, 6.45) is 0.242. The molecule has 1 aliphatic rings. The second-order valence-electron chi connectivity index (χ2n) is 2.68. The van der Waals surface area contributed by atoms with Crippen LogP contribution in [0, 0.1) is 5.82 Å². The number of hydrogen-bond acceptors (Lipinski definition) is 3. The topological polar surface area (TPSA) is 51.2 Å². The molecule has 2 rings (SSSR count). The van der Waals surface area contributed by atoms with Crippen molar-refractivity contribution in [1.29, 1.82) is 0 Å². The first-order valence-electron chi connectivity index (χ1n) is 3.81. The van der Waals surface area contributed by atoms with Crippen LogP contribution in [-0.4, -0.2) is 17.6 Å². The number of amides is 1. The van der Waals surface area contributed by atoms with Crippen molar-refractivity contribution in [2.45, 2.75) is 6.10 Å². The van der Waals surface area contributed by atoms with E-state index in [-0.39, 0.29) is 0 Å². The van der Waals surface area contributed by atoms with Crippen molar-refractivity contribution in [2.24, 2.45) is 0 Å². The maximum Gasteiger partial charge on any atom is 0.408 e. The van der Waals surface area contributed by atoms with Crippen molar-refractivity contribution in [3.05, 3.63) is 29.8 Å². The van der Waals surface area contributed by atoms with Crippen molar-refractivity contribution in [2.75, 3.05) is 6.54 Å². The monoisotopic (exact) mass is 182 g/mol. The summed E-state index contributed by atoms with van der Waals surface area (Å²) < 4.78 is 17.3. The van der Waals surface area contributed by atoms with Gasteiger partial charge in [0.05, 0.1) is 18.4 Å². The molecule has 68 valence electrons. The van der Waals surface area contributed by atoms with Gasteiger partial charge in [-0.05, 0) is 12.1 Å². The van der Waals surface area contributed by atoms with Gasteiger partial charge in [0, 0.05) is 0 Å². The number of halogens is 1. The molecule has 1 amide bonds. The van der Waals surface area contributed by atoms with Crippen LogP contribution in [0.4, 0.5) is 9.18 Å². The highest BCUT2D eigenvalue weighted by Crippen LogP contribution is 2.18. The molecule has 1 saturated heterocycles. The molecule has 1 atom stereocenters. The van der Waals surface area contributed by atoms with Crippen LogP contribution in [0.3, 0.4) is 0 Å². The van der Waals surface area contributed by atoms with Crippen molar-refractivity contribution >= 4 is 6.09 Å². The molecule has 1 N–H and O–H groups in total. The highest BCUT2D eigenvalue weighted by atomic mass is 19.1. The molecule has 4 nitrogen and oxygen atoms in total. The second kappa shape index (κ2) is 3.01. The zero-order chi connectivity index (χ0) is 9.26. The van der Waals surface area contributed by atoms with Gasteiger partial charge in [-0.25, -0.2) is 9.18 Å². The molecule has 13 heavy (non-hydrogen) atoms. The number of cyclic esters (lactones) is 1. The Morgan fingerprint density at radius 3 is 3.00 bits per heavy atom. The first kappa shape index (κ1) is 7.97. The Morgan fingerprint density at radius 2 is 2.46 bits per heavy atom. The van der Waals surface area contributed by atoms with Crippen molar-refractivity contribution in [3.8, 4) is 0 Å². The molecule has 0 saturated carbocycles. The Balaban J connectivity index is 2.17. The van der Waals surface area contributed by atoms with E-state index in [0.29, 0.717) is 12.2 Å². The second-order valence-corrected chi connectivity index (χ2v) is 2.68. The highest BCUT2D eigenvalue weighted by Gasteiger charge is 2.24.